The second-order valence-corrected chi connectivity index (χ2v) is 6.85. The SMILES string of the molecule is CO[Si](OC)(OCCCCS)c1ccccc1. The summed E-state index contributed by atoms with van der Waals surface area (Å²) < 4.78 is 16.9. The summed E-state index contributed by atoms with van der Waals surface area (Å²) in [4.78, 5) is 0. The summed E-state index contributed by atoms with van der Waals surface area (Å²) in [5.74, 6) is 0.878. The summed E-state index contributed by atoms with van der Waals surface area (Å²) in [6, 6.07) is 9.86. The van der Waals surface area contributed by atoms with Crippen molar-refractivity contribution in [3.05, 3.63) is 30.3 Å². The van der Waals surface area contributed by atoms with Gasteiger partial charge in [-0.3, -0.25) is 0 Å². The van der Waals surface area contributed by atoms with Crippen molar-refractivity contribution < 1.29 is 13.3 Å². The Morgan fingerprint density at radius 1 is 1.06 bits per heavy atom. The highest BCUT2D eigenvalue weighted by Gasteiger charge is 2.41. The van der Waals surface area contributed by atoms with Crippen molar-refractivity contribution in [1.29, 1.82) is 0 Å². The zero-order valence-electron chi connectivity index (χ0n) is 10.4. The Kier molecular flexibility index (Phi) is 6.84. The first kappa shape index (κ1) is 14.7. The van der Waals surface area contributed by atoms with Gasteiger partial charge in [0.1, 0.15) is 0 Å². The fraction of sp³-hybridized carbons (Fsp3) is 0.500. The highest BCUT2D eigenvalue weighted by atomic mass is 32.1. The molecule has 0 bridgehead atoms. The largest absolute Gasteiger partial charge is 0.536 e. The maximum Gasteiger partial charge on any atom is 0.536 e. The summed E-state index contributed by atoms with van der Waals surface area (Å²) in [6.45, 7) is 0.642. The first-order chi connectivity index (χ1) is 8.29. The third-order valence-electron chi connectivity index (χ3n) is 2.51. The normalized spacial score (nSPS) is 11.7. The van der Waals surface area contributed by atoms with Crippen LogP contribution in [0.15, 0.2) is 30.3 Å². The molecular formula is C12H20O3SSi. The van der Waals surface area contributed by atoms with Crippen LogP contribution in [0.1, 0.15) is 12.8 Å². The maximum absolute atomic E-state index is 5.88. The quantitative estimate of drug-likeness (QED) is 0.445. The molecule has 5 heteroatoms. The number of hydrogen-bond donors (Lipinski definition) is 1. The van der Waals surface area contributed by atoms with Crippen LogP contribution in [-0.4, -0.2) is 35.4 Å². The summed E-state index contributed by atoms with van der Waals surface area (Å²) in [5.41, 5.74) is 0. The van der Waals surface area contributed by atoms with Gasteiger partial charge in [0.2, 0.25) is 0 Å². The van der Waals surface area contributed by atoms with Gasteiger partial charge in [0.25, 0.3) is 0 Å². The molecule has 0 aliphatic heterocycles. The molecule has 0 saturated heterocycles. The fourth-order valence-corrected chi connectivity index (χ4v) is 3.86. The van der Waals surface area contributed by atoms with Gasteiger partial charge in [-0.25, -0.2) is 0 Å². The molecular weight excluding hydrogens is 252 g/mol. The maximum atomic E-state index is 5.88. The van der Waals surface area contributed by atoms with Crippen molar-refractivity contribution in [1.82, 2.24) is 0 Å². The topological polar surface area (TPSA) is 27.7 Å². The molecule has 0 fully saturated rings. The number of unbranched alkanes of at least 4 members (excludes halogenated alkanes) is 1. The molecule has 96 valence electrons. The molecule has 1 rings (SSSR count). The average molecular weight is 272 g/mol. The summed E-state index contributed by atoms with van der Waals surface area (Å²) >= 11 is 4.18. The standard InChI is InChI=1S/C12H20O3SSi/c1-13-17(14-2,15-10-6-7-11-16)12-8-4-3-5-9-12/h3-5,8-9,16H,6-7,10-11H2,1-2H3. The van der Waals surface area contributed by atoms with Crippen molar-refractivity contribution in [2.75, 3.05) is 26.6 Å². The summed E-state index contributed by atoms with van der Waals surface area (Å²) in [5, 5.41) is 0.996. The van der Waals surface area contributed by atoms with E-state index in [4.69, 9.17) is 13.3 Å². The van der Waals surface area contributed by atoms with Gasteiger partial charge in [0.05, 0.1) is 0 Å². The molecule has 0 unspecified atom stereocenters. The Labute approximate surface area is 110 Å². The van der Waals surface area contributed by atoms with Crippen molar-refractivity contribution in [3.8, 4) is 0 Å². The monoisotopic (exact) mass is 272 g/mol. The highest BCUT2D eigenvalue weighted by Crippen LogP contribution is 2.09. The van der Waals surface area contributed by atoms with Crippen LogP contribution in [0.5, 0.6) is 0 Å². The van der Waals surface area contributed by atoms with Gasteiger partial charge in [0.15, 0.2) is 0 Å². The molecule has 1 aromatic rings. The Balaban J connectivity index is 2.68. The predicted molar refractivity (Wildman–Crippen MR) is 74.9 cm³/mol. The average Bonchev–Trinajstić information content (AvgIpc) is 2.41. The smallest absolute Gasteiger partial charge is 0.373 e. The van der Waals surface area contributed by atoms with E-state index in [9.17, 15) is 0 Å². The van der Waals surface area contributed by atoms with E-state index < -0.39 is 8.80 Å². The third kappa shape index (κ3) is 4.12. The molecule has 0 saturated carbocycles. The zero-order chi connectivity index (χ0) is 12.6. The van der Waals surface area contributed by atoms with Crippen LogP contribution in [-0.2, 0) is 13.3 Å². The number of hydrogen-bond acceptors (Lipinski definition) is 4. The molecule has 0 aliphatic rings. The molecule has 0 heterocycles. The molecule has 0 amide bonds. The van der Waals surface area contributed by atoms with Crippen LogP contribution < -0.4 is 5.19 Å². The van der Waals surface area contributed by atoms with E-state index in [-0.39, 0.29) is 0 Å². The summed E-state index contributed by atoms with van der Waals surface area (Å²) in [7, 11) is 0.586. The molecule has 0 N–H and O–H groups in total. The highest BCUT2D eigenvalue weighted by molar-refractivity contribution is 7.80. The van der Waals surface area contributed by atoms with Crippen LogP contribution in [0.25, 0.3) is 0 Å². The molecule has 0 atom stereocenters. The zero-order valence-corrected chi connectivity index (χ0v) is 12.3. The Morgan fingerprint density at radius 2 is 1.71 bits per heavy atom. The molecule has 3 nitrogen and oxygen atoms in total. The first-order valence-electron chi connectivity index (χ1n) is 5.69. The van der Waals surface area contributed by atoms with Crippen LogP contribution in [0.2, 0.25) is 0 Å². The minimum Gasteiger partial charge on any atom is -0.373 e. The summed E-state index contributed by atoms with van der Waals surface area (Å²) in [6.07, 6.45) is 2.01. The van der Waals surface area contributed by atoms with Crippen molar-refractivity contribution >= 4 is 26.6 Å². The molecule has 0 aromatic heterocycles. The first-order valence-corrected chi connectivity index (χ1v) is 8.05. The Morgan fingerprint density at radius 3 is 2.24 bits per heavy atom. The van der Waals surface area contributed by atoms with E-state index in [1.165, 1.54) is 0 Å². The number of thiol groups is 1. The predicted octanol–water partition coefficient (Wildman–Crippen LogP) is 1.85. The van der Waals surface area contributed by atoms with Gasteiger partial charge < -0.3 is 13.3 Å². The van der Waals surface area contributed by atoms with E-state index in [0.717, 1.165) is 23.8 Å². The minimum atomic E-state index is -2.69. The van der Waals surface area contributed by atoms with Crippen LogP contribution >= 0.6 is 12.6 Å². The van der Waals surface area contributed by atoms with E-state index in [2.05, 4.69) is 12.6 Å². The minimum absolute atomic E-state index is 0.642. The lowest BCUT2D eigenvalue weighted by atomic mass is 10.4. The molecule has 0 spiro atoms. The fourth-order valence-electron chi connectivity index (χ4n) is 1.58. The lowest BCUT2D eigenvalue weighted by molar-refractivity contribution is 0.112. The number of rotatable bonds is 8. The van der Waals surface area contributed by atoms with Gasteiger partial charge >= 0.3 is 8.80 Å². The van der Waals surface area contributed by atoms with Gasteiger partial charge in [0, 0.05) is 26.0 Å². The van der Waals surface area contributed by atoms with Crippen LogP contribution in [0, 0.1) is 0 Å². The Bertz CT molecular complexity index is 304. The van der Waals surface area contributed by atoms with E-state index in [0.29, 0.717) is 6.61 Å². The van der Waals surface area contributed by atoms with Gasteiger partial charge in [-0.05, 0) is 18.6 Å². The van der Waals surface area contributed by atoms with Crippen molar-refractivity contribution in [3.63, 3.8) is 0 Å². The molecule has 0 radical (unpaired) electrons. The van der Waals surface area contributed by atoms with E-state index >= 15 is 0 Å². The third-order valence-corrected chi connectivity index (χ3v) is 5.53. The molecule has 17 heavy (non-hydrogen) atoms. The van der Waals surface area contributed by atoms with Gasteiger partial charge in [-0.15, -0.1) is 0 Å². The van der Waals surface area contributed by atoms with Crippen molar-refractivity contribution in [2.45, 2.75) is 12.8 Å². The van der Waals surface area contributed by atoms with Gasteiger partial charge in [-0.1, -0.05) is 30.3 Å². The van der Waals surface area contributed by atoms with E-state index in [1.54, 1.807) is 14.2 Å². The van der Waals surface area contributed by atoms with Crippen LogP contribution in [0.4, 0.5) is 0 Å². The van der Waals surface area contributed by atoms with Crippen LogP contribution in [0.3, 0.4) is 0 Å². The lowest BCUT2D eigenvalue weighted by Crippen LogP contribution is -2.55. The van der Waals surface area contributed by atoms with E-state index in [1.807, 2.05) is 30.3 Å². The molecule has 1 aromatic carbocycles. The Hall–Kier alpha value is -0.333. The molecule has 0 aliphatic carbocycles. The number of benzene rings is 1. The van der Waals surface area contributed by atoms with Crippen molar-refractivity contribution in [2.24, 2.45) is 0 Å². The second-order valence-electron chi connectivity index (χ2n) is 3.61. The second kappa shape index (κ2) is 7.89. The lowest BCUT2D eigenvalue weighted by Gasteiger charge is -2.26. The van der Waals surface area contributed by atoms with Gasteiger partial charge in [-0.2, -0.15) is 12.6 Å².